The van der Waals surface area contributed by atoms with Gasteiger partial charge in [0.2, 0.25) is 11.8 Å². The topological polar surface area (TPSA) is 71.0 Å². The summed E-state index contributed by atoms with van der Waals surface area (Å²) < 4.78 is 0. The highest BCUT2D eigenvalue weighted by Crippen LogP contribution is 2.23. The normalized spacial score (nSPS) is 20.4. The molecule has 6 heteroatoms. The number of benzene rings is 2. The van der Waals surface area contributed by atoms with Gasteiger partial charge in [0.15, 0.2) is 0 Å². The summed E-state index contributed by atoms with van der Waals surface area (Å²) in [4.78, 5) is 32.2. The van der Waals surface area contributed by atoms with Crippen molar-refractivity contribution in [1.29, 1.82) is 0 Å². The highest BCUT2D eigenvalue weighted by atomic mass is 16.6. The highest BCUT2D eigenvalue weighted by molar-refractivity contribution is 6.01. The van der Waals surface area contributed by atoms with Crippen molar-refractivity contribution in [3.63, 3.8) is 0 Å². The van der Waals surface area contributed by atoms with Crippen molar-refractivity contribution in [2.75, 3.05) is 19.6 Å². The number of likely N-dealkylation sites (tertiary alicyclic amines) is 1. The zero-order valence-corrected chi connectivity index (χ0v) is 18.6. The molecule has 2 aromatic rings. The third-order valence-corrected chi connectivity index (χ3v) is 6.17. The molecule has 0 aliphatic carbocycles. The van der Waals surface area contributed by atoms with E-state index in [9.17, 15) is 9.59 Å². The van der Waals surface area contributed by atoms with Crippen LogP contribution in [0.1, 0.15) is 44.6 Å². The van der Waals surface area contributed by atoms with Gasteiger partial charge >= 0.3 is 0 Å². The summed E-state index contributed by atoms with van der Waals surface area (Å²) in [5, 5.41) is 7.26. The molecule has 1 N–H and O–H groups in total. The molecule has 1 fully saturated rings. The second-order valence-electron chi connectivity index (χ2n) is 8.59. The summed E-state index contributed by atoms with van der Waals surface area (Å²) in [5.41, 5.74) is 4.28. The predicted octanol–water partition coefficient (Wildman–Crippen LogP) is 4.00. The van der Waals surface area contributed by atoms with Crippen molar-refractivity contribution in [2.45, 2.75) is 45.1 Å². The maximum Gasteiger partial charge on any atom is 0.225 e. The van der Waals surface area contributed by atoms with Gasteiger partial charge in [-0.15, -0.1) is 0 Å². The van der Waals surface area contributed by atoms with Gasteiger partial charge in [-0.25, -0.2) is 0 Å². The molecule has 0 spiro atoms. The van der Waals surface area contributed by atoms with Crippen LogP contribution < -0.4 is 5.32 Å². The molecule has 2 atom stereocenters. The van der Waals surface area contributed by atoms with Crippen LogP contribution in [-0.2, 0) is 14.4 Å². The molecule has 6 nitrogen and oxygen atoms in total. The maximum atomic E-state index is 12.7. The molecule has 0 aromatic heterocycles. The van der Waals surface area contributed by atoms with Gasteiger partial charge < -0.3 is 15.1 Å². The molecule has 0 unspecified atom stereocenters. The van der Waals surface area contributed by atoms with Crippen LogP contribution in [0.25, 0.3) is 11.1 Å². The van der Waals surface area contributed by atoms with Gasteiger partial charge in [0.05, 0.1) is 18.2 Å². The van der Waals surface area contributed by atoms with Crippen LogP contribution in [0.15, 0.2) is 59.8 Å². The van der Waals surface area contributed by atoms with Crippen molar-refractivity contribution in [1.82, 2.24) is 10.2 Å². The first-order chi connectivity index (χ1) is 15.6. The number of carbonyl (C=O) groups excluding carboxylic acids is 2. The van der Waals surface area contributed by atoms with Gasteiger partial charge in [-0.3, -0.25) is 9.59 Å². The lowest BCUT2D eigenvalue weighted by molar-refractivity contribution is -0.135. The van der Waals surface area contributed by atoms with E-state index in [4.69, 9.17) is 4.84 Å². The molecule has 4 rings (SSSR count). The van der Waals surface area contributed by atoms with Crippen LogP contribution in [0, 0.1) is 5.92 Å². The lowest BCUT2D eigenvalue weighted by Crippen LogP contribution is -2.46. The van der Waals surface area contributed by atoms with E-state index >= 15 is 0 Å². The fourth-order valence-corrected chi connectivity index (χ4v) is 4.34. The second-order valence-corrected chi connectivity index (χ2v) is 8.59. The number of oxime groups is 1. The lowest BCUT2D eigenvalue weighted by Gasteiger charge is -2.32. The molecule has 2 amide bonds. The Labute approximate surface area is 189 Å². The van der Waals surface area contributed by atoms with E-state index < -0.39 is 0 Å². The number of carbonyl (C=O) groups is 2. The quantitative estimate of drug-likeness (QED) is 0.717. The number of nitrogens with zero attached hydrogens (tertiary/aromatic N) is 2. The summed E-state index contributed by atoms with van der Waals surface area (Å²) >= 11 is 0. The summed E-state index contributed by atoms with van der Waals surface area (Å²) in [5.74, 6) is 0.0144. The van der Waals surface area contributed by atoms with E-state index in [1.165, 1.54) is 5.56 Å². The molecule has 168 valence electrons. The SMILES string of the molecule is CCCC(=O)N1CCC[C@@H](C(=O)NC[C@@H]2CC(c3ccc(-c4ccccc4)cc3)=NO2)C1. The summed E-state index contributed by atoms with van der Waals surface area (Å²) in [6.45, 7) is 3.70. The van der Waals surface area contributed by atoms with Gasteiger partial charge in [-0.05, 0) is 36.0 Å². The average molecular weight is 434 g/mol. The molecule has 0 bridgehead atoms. The van der Waals surface area contributed by atoms with Crippen LogP contribution in [0.5, 0.6) is 0 Å². The standard InChI is InChI=1S/C26H31N3O3/c1-2-7-25(30)29-15-6-10-22(18-29)26(31)27-17-23-16-24(28-32-23)21-13-11-20(12-14-21)19-8-4-3-5-9-19/h3-5,8-9,11-14,22-23H,2,6-7,10,15-18H2,1H3,(H,27,31)/t22-,23+/m1/s1. The van der Waals surface area contributed by atoms with Crippen molar-refractivity contribution in [2.24, 2.45) is 11.1 Å². The van der Waals surface area contributed by atoms with Crippen LogP contribution in [0.3, 0.4) is 0 Å². The number of rotatable bonds is 7. The average Bonchev–Trinajstić information content (AvgIpc) is 3.32. The molecular weight excluding hydrogens is 402 g/mol. The first-order valence-corrected chi connectivity index (χ1v) is 11.6. The molecule has 2 heterocycles. The smallest absolute Gasteiger partial charge is 0.225 e. The molecule has 32 heavy (non-hydrogen) atoms. The monoisotopic (exact) mass is 433 g/mol. The zero-order chi connectivity index (χ0) is 22.3. The molecule has 0 saturated carbocycles. The minimum absolute atomic E-state index is 0.00302. The van der Waals surface area contributed by atoms with Crippen molar-refractivity contribution < 1.29 is 14.4 Å². The molecule has 2 aromatic carbocycles. The minimum Gasteiger partial charge on any atom is -0.390 e. The first-order valence-electron chi connectivity index (χ1n) is 11.6. The van der Waals surface area contributed by atoms with Crippen LogP contribution >= 0.6 is 0 Å². The number of amides is 2. The van der Waals surface area contributed by atoms with E-state index in [0.29, 0.717) is 25.9 Å². The first kappa shape index (κ1) is 22.1. The molecule has 1 saturated heterocycles. The Morgan fingerprint density at radius 2 is 1.78 bits per heavy atom. The number of hydrogen-bond donors (Lipinski definition) is 1. The number of piperidine rings is 1. The van der Waals surface area contributed by atoms with Gasteiger partial charge in [-0.1, -0.05) is 66.7 Å². The Balaban J connectivity index is 1.25. The van der Waals surface area contributed by atoms with Gasteiger partial charge in [0.1, 0.15) is 6.10 Å². The summed E-state index contributed by atoms with van der Waals surface area (Å²) in [6.07, 6.45) is 3.59. The third-order valence-electron chi connectivity index (χ3n) is 6.17. The lowest BCUT2D eigenvalue weighted by atomic mass is 9.96. The maximum absolute atomic E-state index is 12.7. The minimum atomic E-state index is -0.163. The Morgan fingerprint density at radius 1 is 1.06 bits per heavy atom. The number of hydrogen-bond acceptors (Lipinski definition) is 4. The highest BCUT2D eigenvalue weighted by Gasteiger charge is 2.29. The van der Waals surface area contributed by atoms with Crippen LogP contribution in [-0.4, -0.2) is 48.2 Å². The van der Waals surface area contributed by atoms with Gasteiger partial charge in [0.25, 0.3) is 0 Å². The Morgan fingerprint density at radius 3 is 2.53 bits per heavy atom. The van der Waals surface area contributed by atoms with Crippen LogP contribution in [0.2, 0.25) is 0 Å². The molecule has 0 radical (unpaired) electrons. The van der Waals surface area contributed by atoms with Crippen LogP contribution in [0.4, 0.5) is 0 Å². The largest absolute Gasteiger partial charge is 0.390 e. The predicted molar refractivity (Wildman–Crippen MR) is 125 cm³/mol. The van der Waals surface area contributed by atoms with Crippen molar-refractivity contribution in [3.8, 4) is 11.1 Å². The van der Waals surface area contributed by atoms with Gasteiger partial charge in [-0.2, -0.15) is 0 Å². The Kier molecular flexibility index (Phi) is 7.20. The summed E-state index contributed by atoms with van der Waals surface area (Å²) in [6, 6.07) is 18.6. The van der Waals surface area contributed by atoms with Crippen molar-refractivity contribution >= 4 is 17.5 Å². The Bertz CT molecular complexity index is 956. The fraction of sp³-hybridized carbons (Fsp3) is 0.423. The van der Waals surface area contributed by atoms with E-state index in [2.05, 4.69) is 46.9 Å². The molecular formula is C26H31N3O3. The summed E-state index contributed by atoms with van der Waals surface area (Å²) in [7, 11) is 0. The fourth-order valence-electron chi connectivity index (χ4n) is 4.34. The molecule has 2 aliphatic heterocycles. The van der Waals surface area contributed by atoms with E-state index in [1.807, 2.05) is 30.0 Å². The Hall–Kier alpha value is -3.15. The number of nitrogens with one attached hydrogen (secondary N) is 1. The van der Waals surface area contributed by atoms with E-state index in [-0.39, 0.29) is 23.8 Å². The second kappa shape index (κ2) is 10.4. The third kappa shape index (κ3) is 5.36. The van der Waals surface area contributed by atoms with Gasteiger partial charge in [0, 0.05) is 25.9 Å². The zero-order valence-electron chi connectivity index (χ0n) is 18.6. The van der Waals surface area contributed by atoms with E-state index in [1.54, 1.807) is 0 Å². The van der Waals surface area contributed by atoms with E-state index in [0.717, 1.165) is 42.6 Å². The van der Waals surface area contributed by atoms with Crippen molar-refractivity contribution in [3.05, 3.63) is 60.2 Å². The molecule has 2 aliphatic rings.